The van der Waals surface area contributed by atoms with E-state index in [1.165, 1.54) is 5.01 Å². The highest BCUT2D eigenvalue weighted by molar-refractivity contribution is 6.32. The average molecular weight is 391 g/mol. The number of hydrogen-bond donors (Lipinski definition) is 1. The maximum Gasteiger partial charge on any atom is 0.280 e. The Bertz CT molecular complexity index is 968. The Balaban J connectivity index is 2.11. The molecular weight excluding hydrogens is 360 g/mol. The van der Waals surface area contributed by atoms with Crippen molar-refractivity contribution >= 4 is 23.4 Å². The number of nitrogens with zero attached hydrogens (tertiary/aromatic N) is 2. The SMILES string of the molecule is CC1=NN(c2ccccc2)C(=O)/C1=C\c1cc(C(C)(C)C)c(O)c(C(C)(C)C)c1. The molecule has 0 bridgehead atoms. The minimum absolute atomic E-state index is 0.142. The first-order valence-corrected chi connectivity index (χ1v) is 9.94. The molecule has 1 heterocycles. The number of aromatic hydroxyl groups is 1. The molecule has 0 saturated heterocycles. The molecule has 3 rings (SSSR count). The average Bonchev–Trinajstić information content (AvgIpc) is 2.90. The van der Waals surface area contributed by atoms with Crippen LogP contribution in [0, 0.1) is 0 Å². The van der Waals surface area contributed by atoms with Gasteiger partial charge in [-0.05, 0) is 53.7 Å². The first-order chi connectivity index (χ1) is 13.4. The third-order valence-electron chi connectivity index (χ3n) is 5.12. The van der Waals surface area contributed by atoms with Crippen molar-refractivity contribution in [2.24, 2.45) is 5.10 Å². The summed E-state index contributed by atoms with van der Waals surface area (Å²) in [5.74, 6) is 0.192. The molecule has 1 N–H and O–H groups in total. The summed E-state index contributed by atoms with van der Waals surface area (Å²) in [5.41, 5.74) is 4.19. The number of rotatable bonds is 2. The van der Waals surface area contributed by atoms with Gasteiger partial charge in [0.1, 0.15) is 5.75 Å². The molecule has 0 saturated carbocycles. The topological polar surface area (TPSA) is 52.9 Å². The van der Waals surface area contributed by atoms with Crippen LogP contribution < -0.4 is 5.01 Å². The Hall–Kier alpha value is -2.88. The molecule has 2 aromatic rings. The van der Waals surface area contributed by atoms with Gasteiger partial charge in [0, 0.05) is 11.1 Å². The molecule has 1 aliphatic heterocycles. The number of hydrazone groups is 1. The van der Waals surface area contributed by atoms with Crippen molar-refractivity contribution in [2.75, 3.05) is 5.01 Å². The summed E-state index contributed by atoms with van der Waals surface area (Å²) >= 11 is 0. The normalized spacial score (nSPS) is 16.5. The van der Waals surface area contributed by atoms with Gasteiger partial charge in [-0.1, -0.05) is 59.7 Å². The van der Waals surface area contributed by atoms with E-state index in [4.69, 9.17) is 0 Å². The van der Waals surface area contributed by atoms with Gasteiger partial charge in [0.05, 0.1) is 17.0 Å². The maximum absolute atomic E-state index is 13.0. The van der Waals surface area contributed by atoms with Crippen LogP contribution in [-0.4, -0.2) is 16.7 Å². The summed E-state index contributed by atoms with van der Waals surface area (Å²) in [6.45, 7) is 14.3. The van der Waals surface area contributed by atoms with Crippen LogP contribution in [0.4, 0.5) is 5.69 Å². The molecule has 0 aliphatic carbocycles. The number of phenols is 1. The molecule has 4 heteroatoms. The van der Waals surface area contributed by atoms with Crippen LogP contribution >= 0.6 is 0 Å². The van der Waals surface area contributed by atoms with Gasteiger partial charge in [-0.15, -0.1) is 0 Å². The molecule has 1 amide bonds. The summed E-state index contributed by atoms with van der Waals surface area (Å²) in [4.78, 5) is 13.0. The van der Waals surface area contributed by atoms with Crippen LogP contribution in [0.25, 0.3) is 6.08 Å². The molecule has 0 spiro atoms. The fourth-order valence-electron chi connectivity index (χ4n) is 3.48. The minimum atomic E-state index is -0.225. The second-order valence-corrected chi connectivity index (χ2v) is 9.66. The largest absolute Gasteiger partial charge is 0.507 e. The molecule has 0 radical (unpaired) electrons. The van der Waals surface area contributed by atoms with Crippen molar-refractivity contribution in [3.63, 3.8) is 0 Å². The highest BCUT2D eigenvalue weighted by atomic mass is 16.3. The highest BCUT2D eigenvalue weighted by Crippen LogP contribution is 2.40. The van der Waals surface area contributed by atoms with E-state index in [0.717, 1.165) is 22.4 Å². The van der Waals surface area contributed by atoms with Crippen molar-refractivity contribution in [1.29, 1.82) is 0 Å². The number of carbonyl (C=O) groups excluding carboxylic acids is 1. The molecule has 0 aromatic heterocycles. The standard InChI is InChI=1S/C25H30N2O2/c1-16-19(23(29)27(26-16)18-11-9-8-10-12-18)13-17-14-20(24(2,3)4)22(28)21(15-17)25(5,6)7/h8-15,28H,1-7H3/b19-13-. The predicted octanol–water partition coefficient (Wildman–Crippen LogP) is 5.79. The Kier molecular flexibility index (Phi) is 5.16. The van der Waals surface area contributed by atoms with Crippen LogP contribution in [0.2, 0.25) is 0 Å². The number of anilines is 1. The van der Waals surface area contributed by atoms with Crippen molar-refractivity contribution < 1.29 is 9.90 Å². The van der Waals surface area contributed by atoms with E-state index in [0.29, 0.717) is 17.0 Å². The fraction of sp³-hybridized carbons (Fsp3) is 0.360. The van der Waals surface area contributed by atoms with Crippen molar-refractivity contribution in [2.45, 2.75) is 59.3 Å². The van der Waals surface area contributed by atoms with Crippen molar-refractivity contribution in [3.8, 4) is 5.75 Å². The first-order valence-electron chi connectivity index (χ1n) is 9.94. The summed E-state index contributed by atoms with van der Waals surface area (Å²) in [6.07, 6.45) is 1.88. The summed E-state index contributed by atoms with van der Waals surface area (Å²) in [6, 6.07) is 13.4. The van der Waals surface area contributed by atoms with Crippen LogP contribution in [0.1, 0.15) is 65.2 Å². The van der Waals surface area contributed by atoms with E-state index in [1.807, 2.05) is 55.5 Å². The fourth-order valence-corrected chi connectivity index (χ4v) is 3.48. The number of benzene rings is 2. The molecular formula is C25H30N2O2. The molecule has 4 nitrogen and oxygen atoms in total. The zero-order valence-electron chi connectivity index (χ0n) is 18.4. The first kappa shape index (κ1) is 20.8. The molecule has 0 unspecified atom stereocenters. The van der Waals surface area contributed by atoms with Crippen LogP contribution in [0.5, 0.6) is 5.75 Å². The lowest BCUT2D eigenvalue weighted by Crippen LogP contribution is -2.21. The summed E-state index contributed by atoms with van der Waals surface area (Å²) in [7, 11) is 0. The van der Waals surface area contributed by atoms with E-state index in [-0.39, 0.29) is 16.7 Å². The third-order valence-corrected chi connectivity index (χ3v) is 5.12. The quantitative estimate of drug-likeness (QED) is 0.660. The van der Waals surface area contributed by atoms with Gasteiger partial charge in [0.2, 0.25) is 0 Å². The van der Waals surface area contributed by atoms with Gasteiger partial charge < -0.3 is 5.11 Å². The van der Waals surface area contributed by atoms with Gasteiger partial charge in [0.25, 0.3) is 5.91 Å². The molecule has 152 valence electrons. The second kappa shape index (κ2) is 7.18. The Morgan fingerprint density at radius 2 is 1.45 bits per heavy atom. The highest BCUT2D eigenvalue weighted by Gasteiger charge is 2.30. The molecule has 2 aromatic carbocycles. The molecule has 29 heavy (non-hydrogen) atoms. The predicted molar refractivity (Wildman–Crippen MR) is 121 cm³/mol. The van der Waals surface area contributed by atoms with Gasteiger partial charge in [-0.25, -0.2) is 0 Å². The smallest absolute Gasteiger partial charge is 0.280 e. The van der Waals surface area contributed by atoms with E-state index >= 15 is 0 Å². The monoisotopic (exact) mass is 390 g/mol. The maximum atomic E-state index is 13.0. The van der Waals surface area contributed by atoms with Crippen LogP contribution in [0.3, 0.4) is 0 Å². The lowest BCUT2D eigenvalue weighted by Gasteiger charge is -2.28. The zero-order valence-corrected chi connectivity index (χ0v) is 18.4. The zero-order chi connectivity index (χ0) is 21.6. The van der Waals surface area contributed by atoms with Gasteiger partial charge >= 0.3 is 0 Å². The number of para-hydroxylation sites is 1. The minimum Gasteiger partial charge on any atom is -0.507 e. The second-order valence-electron chi connectivity index (χ2n) is 9.66. The lowest BCUT2D eigenvalue weighted by molar-refractivity contribution is -0.114. The van der Waals surface area contributed by atoms with Crippen LogP contribution in [-0.2, 0) is 15.6 Å². The third kappa shape index (κ3) is 4.12. The number of phenolic OH excluding ortho intramolecular Hbond substituents is 1. The van der Waals surface area contributed by atoms with Crippen LogP contribution in [0.15, 0.2) is 53.1 Å². The summed E-state index contributed by atoms with van der Waals surface area (Å²) < 4.78 is 0. The van der Waals surface area contributed by atoms with E-state index in [1.54, 1.807) is 0 Å². The number of amides is 1. The Morgan fingerprint density at radius 1 is 0.931 bits per heavy atom. The lowest BCUT2D eigenvalue weighted by atomic mass is 9.78. The van der Waals surface area contributed by atoms with E-state index in [2.05, 4.69) is 46.6 Å². The Morgan fingerprint density at radius 3 is 1.93 bits per heavy atom. The molecule has 0 atom stereocenters. The number of carbonyl (C=O) groups is 1. The Labute approximate surface area is 173 Å². The summed E-state index contributed by atoms with van der Waals surface area (Å²) in [5, 5.41) is 16.8. The molecule has 0 fully saturated rings. The van der Waals surface area contributed by atoms with Gasteiger partial charge in [-0.3, -0.25) is 4.79 Å². The van der Waals surface area contributed by atoms with Gasteiger partial charge in [0.15, 0.2) is 0 Å². The molecule has 1 aliphatic rings. The van der Waals surface area contributed by atoms with E-state index in [9.17, 15) is 9.90 Å². The van der Waals surface area contributed by atoms with Gasteiger partial charge in [-0.2, -0.15) is 10.1 Å². The van der Waals surface area contributed by atoms with Crippen molar-refractivity contribution in [3.05, 3.63) is 64.7 Å². The number of hydrogen-bond acceptors (Lipinski definition) is 3. The van der Waals surface area contributed by atoms with Crippen molar-refractivity contribution in [1.82, 2.24) is 0 Å². The van der Waals surface area contributed by atoms with E-state index < -0.39 is 0 Å².